The summed E-state index contributed by atoms with van der Waals surface area (Å²) in [6.07, 6.45) is 0. The van der Waals surface area contributed by atoms with Gasteiger partial charge in [-0.1, -0.05) is 48.5 Å². The Labute approximate surface area is 200 Å². The van der Waals surface area contributed by atoms with Crippen LogP contribution in [0.3, 0.4) is 0 Å². The molecule has 1 aliphatic rings. The summed E-state index contributed by atoms with van der Waals surface area (Å²) < 4.78 is 4.43. The van der Waals surface area contributed by atoms with Crippen molar-refractivity contribution >= 4 is 34.4 Å². The summed E-state index contributed by atoms with van der Waals surface area (Å²) in [7, 11) is 0. The zero-order chi connectivity index (χ0) is 20.2. The standard InChI is InChI=1S/C20H19N5O3S.Na/c26-18(27)15-8-4-5-9-16(15)21-19(28)24-10-12-25(13-11-24)20-22-17(23-29-20)14-6-2-1-3-7-14;/h1-9H,10-13H2,(H,21,28)(H,26,27);/q;+1/p-1. The molecule has 2 heterocycles. The molecule has 2 amide bonds. The van der Waals surface area contributed by atoms with Gasteiger partial charge in [-0.15, -0.1) is 0 Å². The van der Waals surface area contributed by atoms with Crippen molar-refractivity contribution in [3.8, 4) is 11.4 Å². The molecule has 0 atom stereocenters. The summed E-state index contributed by atoms with van der Waals surface area (Å²) in [5.41, 5.74) is 1.16. The molecule has 1 fully saturated rings. The van der Waals surface area contributed by atoms with Crippen LogP contribution in [0.5, 0.6) is 0 Å². The Bertz CT molecular complexity index is 1020. The molecule has 8 nitrogen and oxygen atoms in total. The van der Waals surface area contributed by atoms with E-state index < -0.39 is 5.97 Å². The van der Waals surface area contributed by atoms with Crippen LogP contribution < -0.4 is 44.9 Å². The summed E-state index contributed by atoms with van der Waals surface area (Å²) in [6, 6.07) is 15.7. The first-order valence-corrected chi connectivity index (χ1v) is 9.89. The van der Waals surface area contributed by atoms with Gasteiger partial charge < -0.3 is 25.0 Å². The molecule has 2 aromatic carbocycles. The number of nitrogens with zero attached hydrogens (tertiary/aromatic N) is 4. The zero-order valence-corrected chi connectivity index (χ0v) is 19.3. The fourth-order valence-corrected chi connectivity index (χ4v) is 3.85. The van der Waals surface area contributed by atoms with Crippen LogP contribution in [0.15, 0.2) is 54.6 Å². The first kappa shape index (κ1) is 22.2. The number of hydrogen-bond donors (Lipinski definition) is 1. The number of rotatable bonds is 4. The molecule has 0 saturated carbocycles. The predicted molar refractivity (Wildman–Crippen MR) is 109 cm³/mol. The van der Waals surface area contributed by atoms with Gasteiger partial charge >= 0.3 is 35.6 Å². The van der Waals surface area contributed by atoms with Gasteiger partial charge in [0.1, 0.15) is 0 Å². The van der Waals surface area contributed by atoms with E-state index in [4.69, 9.17) is 0 Å². The number of anilines is 2. The van der Waals surface area contributed by atoms with Gasteiger partial charge in [0.05, 0.1) is 11.7 Å². The fourth-order valence-electron chi connectivity index (χ4n) is 3.11. The number of benzene rings is 2. The molecule has 0 unspecified atom stereocenters. The summed E-state index contributed by atoms with van der Waals surface area (Å²) in [6.45, 7) is 2.25. The van der Waals surface area contributed by atoms with E-state index in [0.29, 0.717) is 32.0 Å². The normalized spacial score (nSPS) is 13.5. The van der Waals surface area contributed by atoms with Crippen molar-refractivity contribution in [2.45, 2.75) is 0 Å². The Balaban J connectivity index is 0.00000256. The van der Waals surface area contributed by atoms with Crippen molar-refractivity contribution in [2.24, 2.45) is 0 Å². The summed E-state index contributed by atoms with van der Waals surface area (Å²) >= 11 is 1.34. The number of carboxylic acids is 1. The third-order valence-electron chi connectivity index (χ3n) is 4.67. The van der Waals surface area contributed by atoms with Crippen LogP contribution in [0.2, 0.25) is 0 Å². The van der Waals surface area contributed by atoms with Gasteiger partial charge in [0.2, 0.25) is 5.13 Å². The van der Waals surface area contributed by atoms with Crippen molar-refractivity contribution in [3.05, 3.63) is 60.2 Å². The second-order valence-electron chi connectivity index (χ2n) is 6.50. The van der Waals surface area contributed by atoms with E-state index in [2.05, 4.69) is 19.6 Å². The largest absolute Gasteiger partial charge is 1.00 e. The summed E-state index contributed by atoms with van der Waals surface area (Å²) in [4.78, 5) is 32.1. The number of carbonyl (C=O) groups excluding carboxylic acids is 2. The molecule has 0 bridgehead atoms. The Hall–Kier alpha value is -2.46. The van der Waals surface area contributed by atoms with Crippen molar-refractivity contribution < 1.29 is 44.3 Å². The number of amides is 2. The Morgan fingerprint density at radius 2 is 1.63 bits per heavy atom. The van der Waals surface area contributed by atoms with Crippen LogP contribution in [0.25, 0.3) is 11.4 Å². The van der Waals surface area contributed by atoms with Gasteiger partial charge in [-0.25, -0.2) is 4.79 Å². The number of aromatic carboxylic acids is 1. The van der Waals surface area contributed by atoms with Crippen molar-refractivity contribution in [1.29, 1.82) is 0 Å². The Morgan fingerprint density at radius 3 is 2.33 bits per heavy atom. The van der Waals surface area contributed by atoms with Crippen molar-refractivity contribution in [3.63, 3.8) is 0 Å². The average Bonchev–Trinajstić information content (AvgIpc) is 3.25. The zero-order valence-electron chi connectivity index (χ0n) is 16.4. The molecule has 0 spiro atoms. The molecule has 3 aromatic rings. The summed E-state index contributed by atoms with van der Waals surface area (Å²) in [5.74, 6) is -0.624. The SMILES string of the molecule is O=C([O-])c1ccccc1NC(=O)N1CCN(c2nc(-c3ccccc3)ns2)CC1.[Na+]. The van der Waals surface area contributed by atoms with Gasteiger partial charge in [-0.2, -0.15) is 9.36 Å². The predicted octanol–water partition coefficient (Wildman–Crippen LogP) is -1.07. The van der Waals surface area contributed by atoms with Crippen LogP contribution in [-0.4, -0.2) is 52.4 Å². The number of urea groups is 1. The second-order valence-corrected chi connectivity index (χ2v) is 7.23. The van der Waals surface area contributed by atoms with Crippen LogP contribution in [0, 0.1) is 0 Å². The third-order valence-corrected chi connectivity index (χ3v) is 5.45. The Morgan fingerprint density at radius 1 is 0.967 bits per heavy atom. The molecule has 1 N–H and O–H groups in total. The monoisotopic (exact) mass is 431 g/mol. The number of carbonyl (C=O) groups is 2. The summed E-state index contributed by atoms with van der Waals surface area (Å²) in [5, 5.41) is 14.7. The van der Waals surface area contributed by atoms with Crippen molar-refractivity contribution in [1.82, 2.24) is 14.3 Å². The topological polar surface area (TPSA) is 101 Å². The second kappa shape index (κ2) is 10.0. The Kier molecular flexibility index (Phi) is 7.43. The molecule has 148 valence electrons. The fraction of sp³-hybridized carbons (Fsp3) is 0.200. The van der Waals surface area contributed by atoms with Gasteiger partial charge in [0.15, 0.2) is 5.82 Å². The molecule has 1 aromatic heterocycles. The minimum atomic E-state index is -1.32. The molecular weight excluding hydrogens is 413 g/mol. The number of carboxylic acid groups (broad SMARTS) is 1. The molecular formula is C20H18N5NaO3S. The van der Waals surface area contributed by atoms with Crippen LogP contribution >= 0.6 is 11.5 Å². The van der Waals surface area contributed by atoms with Gasteiger partial charge in [0.25, 0.3) is 0 Å². The van der Waals surface area contributed by atoms with E-state index in [9.17, 15) is 14.7 Å². The molecule has 1 saturated heterocycles. The van der Waals surface area contributed by atoms with E-state index in [0.717, 1.165) is 10.7 Å². The number of para-hydroxylation sites is 1. The molecule has 4 rings (SSSR count). The van der Waals surface area contributed by atoms with Crippen molar-refractivity contribution in [2.75, 3.05) is 36.4 Å². The molecule has 10 heteroatoms. The quantitative estimate of drug-likeness (QED) is 0.528. The number of nitrogens with one attached hydrogen (secondary N) is 1. The van der Waals surface area contributed by atoms with E-state index in [-0.39, 0.29) is 46.8 Å². The molecule has 30 heavy (non-hydrogen) atoms. The van der Waals surface area contributed by atoms with Gasteiger partial charge in [-0.3, -0.25) is 0 Å². The van der Waals surface area contributed by atoms with Crippen LogP contribution in [-0.2, 0) is 0 Å². The maximum absolute atomic E-state index is 12.5. The minimum Gasteiger partial charge on any atom is -0.545 e. The van der Waals surface area contributed by atoms with E-state index in [1.54, 1.807) is 23.1 Å². The smallest absolute Gasteiger partial charge is 0.545 e. The van der Waals surface area contributed by atoms with E-state index in [1.165, 1.54) is 17.6 Å². The first-order valence-electron chi connectivity index (χ1n) is 9.12. The van der Waals surface area contributed by atoms with Gasteiger partial charge in [0, 0.05) is 48.8 Å². The third kappa shape index (κ3) is 4.99. The van der Waals surface area contributed by atoms with E-state index in [1.807, 2.05) is 30.3 Å². The average molecular weight is 431 g/mol. The van der Waals surface area contributed by atoms with E-state index >= 15 is 0 Å². The number of piperazine rings is 1. The van der Waals surface area contributed by atoms with Crippen LogP contribution in [0.4, 0.5) is 15.6 Å². The maximum atomic E-state index is 12.5. The molecule has 1 aliphatic heterocycles. The number of hydrogen-bond acceptors (Lipinski definition) is 7. The maximum Gasteiger partial charge on any atom is 1.00 e. The molecule has 0 radical (unpaired) electrons. The first-order chi connectivity index (χ1) is 14.1. The van der Waals surface area contributed by atoms with Gasteiger partial charge in [-0.05, 0) is 6.07 Å². The minimum absolute atomic E-state index is 0. The number of aromatic nitrogens is 2. The van der Waals surface area contributed by atoms with Crippen LogP contribution in [0.1, 0.15) is 10.4 Å². The molecule has 0 aliphatic carbocycles.